The van der Waals surface area contributed by atoms with Crippen LogP contribution in [0.1, 0.15) is 45.4 Å². The molecule has 0 aromatic carbocycles. The number of hydrogen-bond acceptors (Lipinski definition) is 2. The maximum atomic E-state index is 12.2. The summed E-state index contributed by atoms with van der Waals surface area (Å²) in [6, 6.07) is 0.0616. The molecule has 0 unspecified atom stereocenters. The van der Waals surface area contributed by atoms with Gasteiger partial charge in [0.2, 0.25) is 5.91 Å². The average molecular weight is 294 g/mol. The van der Waals surface area contributed by atoms with Crippen molar-refractivity contribution in [2.75, 3.05) is 6.61 Å². The quantitative estimate of drug-likeness (QED) is 0.621. The Labute approximate surface area is 118 Å². The van der Waals surface area contributed by atoms with Crippen LogP contribution in [0.25, 0.3) is 0 Å². The predicted octanol–water partition coefficient (Wildman–Crippen LogP) is 2.63. The number of amides is 1. The predicted molar refractivity (Wildman–Crippen MR) is 72.8 cm³/mol. The zero-order valence-corrected chi connectivity index (χ0v) is 12.2. The van der Waals surface area contributed by atoms with E-state index in [0.29, 0.717) is 6.42 Å². The Morgan fingerprint density at radius 3 is 2.50 bits per heavy atom. The first-order valence-corrected chi connectivity index (χ1v) is 7.46. The number of rotatable bonds is 3. The van der Waals surface area contributed by atoms with Gasteiger partial charge in [0.05, 0.1) is 5.41 Å². The minimum Gasteiger partial charge on any atom is -0.396 e. The van der Waals surface area contributed by atoms with Crippen LogP contribution in [0.3, 0.4) is 0 Å². The summed E-state index contributed by atoms with van der Waals surface area (Å²) >= 11 is 12.0. The molecule has 2 fully saturated rings. The first kappa shape index (κ1) is 14.4. The normalized spacial score (nSPS) is 38.9. The molecule has 0 aliphatic heterocycles. The lowest BCUT2D eigenvalue weighted by molar-refractivity contribution is -0.127. The molecule has 0 bridgehead atoms. The molecule has 2 aliphatic carbocycles. The van der Waals surface area contributed by atoms with Crippen LogP contribution in [0.5, 0.6) is 0 Å². The summed E-state index contributed by atoms with van der Waals surface area (Å²) in [5.74, 6) is 0.0942. The van der Waals surface area contributed by atoms with Gasteiger partial charge >= 0.3 is 0 Å². The van der Waals surface area contributed by atoms with Gasteiger partial charge in [-0.2, -0.15) is 0 Å². The van der Waals surface area contributed by atoms with Crippen LogP contribution in [0.15, 0.2) is 0 Å². The molecule has 18 heavy (non-hydrogen) atoms. The highest BCUT2D eigenvalue weighted by Gasteiger charge is 2.68. The van der Waals surface area contributed by atoms with E-state index < -0.39 is 9.75 Å². The van der Waals surface area contributed by atoms with Crippen molar-refractivity contribution in [1.82, 2.24) is 5.32 Å². The molecule has 0 heterocycles. The van der Waals surface area contributed by atoms with Crippen LogP contribution in [-0.2, 0) is 4.79 Å². The summed E-state index contributed by atoms with van der Waals surface area (Å²) in [7, 11) is 0. The van der Waals surface area contributed by atoms with Gasteiger partial charge in [-0.15, -0.1) is 23.2 Å². The van der Waals surface area contributed by atoms with E-state index in [1.807, 2.05) is 0 Å². The van der Waals surface area contributed by atoms with E-state index in [2.05, 4.69) is 5.32 Å². The molecule has 0 aromatic heterocycles. The summed E-state index contributed by atoms with van der Waals surface area (Å²) in [6.45, 7) is 1.93. The number of carbonyl (C=O) groups is 1. The molecule has 1 amide bonds. The Balaban J connectivity index is 1.97. The van der Waals surface area contributed by atoms with Crippen LogP contribution >= 0.6 is 23.2 Å². The smallest absolute Gasteiger partial charge is 0.229 e. The van der Waals surface area contributed by atoms with E-state index in [1.54, 1.807) is 6.92 Å². The summed E-state index contributed by atoms with van der Waals surface area (Å²) in [4.78, 5) is 12.2. The molecule has 2 saturated carbocycles. The maximum Gasteiger partial charge on any atom is 0.229 e. The standard InChI is InChI=1S/C13H21Cl2NO2/c1-12(8-13(12,14)15)11(18)16-10-6-4-2-3-5-9(10)7-17/h9-10,17H,2-8H2,1H3,(H,16,18)/t9-,10+,12+/m0/s1. The number of halogens is 2. The lowest BCUT2D eigenvalue weighted by Crippen LogP contribution is -2.45. The molecule has 0 aromatic rings. The van der Waals surface area contributed by atoms with Gasteiger partial charge < -0.3 is 10.4 Å². The largest absolute Gasteiger partial charge is 0.396 e. The van der Waals surface area contributed by atoms with Crippen molar-refractivity contribution in [3.05, 3.63) is 0 Å². The number of aliphatic hydroxyl groups is 1. The zero-order chi connectivity index (χ0) is 13.4. The second-order valence-electron chi connectivity index (χ2n) is 5.87. The number of nitrogens with one attached hydrogen (secondary N) is 1. The maximum absolute atomic E-state index is 12.2. The average Bonchev–Trinajstić information content (AvgIpc) is 2.91. The van der Waals surface area contributed by atoms with E-state index in [-0.39, 0.29) is 24.5 Å². The summed E-state index contributed by atoms with van der Waals surface area (Å²) < 4.78 is -0.920. The van der Waals surface area contributed by atoms with Gasteiger partial charge in [-0.25, -0.2) is 0 Å². The molecule has 0 saturated heterocycles. The molecule has 3 atom stereocenters. The van der Waals surface area contributed by atoms with Gasteiger partial charge in [0.15, 0.2) is 0 Å². The van der Waals surface area contributed by atoms with Crippen LogP contribution in [0, 0.1) is 11.3 Å². The fourth-order valence-electron chi connectivity index (χ4n) is 2.77. The molecular formula is C13H21Cl2NO2. The van der Waals surface area contributed by atoms with Gasteiger partial charge in [-0.05, 0) is 26.2 Å². The number of aliphatic hydroxyl groups excluding tert-OH is 1. The molecule has 104 valence electrons. The van der Waals surface area contributed by atoms with Gasteiger partial charge in [0.25, 0.3) is 0 Å². The Morgan fingerprint density at radius 1 is 1.33 bits per heavy atom. The van der Waals surface area contributed by atoms with E-state index in [4.69, 9.17) is 23.2 Å². The highest BCUT2D eigenvalue weighted by Crippen LogP contribution is 2.63. The number of carbonyl (C=O) groups excluding carboxylic acids is 1. The first-order chi connectivity index (χ1) is 8.40. The van der Waals surface area contributed by atoms with Crippen LogP contribution in [0.4, 0.5) is 0 Å². The fraction of sp³-hybridized carbons (Fsp3) is 0.923. The van der Waals surface area contributed by atoms with Crippen molar-refractivity contribution in [1.29, 1.82) is 0 Å². The number of hydrogen-bond donors (Lipinski definition) is 2. The van der Waals surface area contributed by atoms with Crippen LogP contribution in [-0.4, -0.2) is 28.0 Å². The van der Waals surface area contributed by atoms with Crippen molar-refractivity contribution < 1.29 is 9.90 Å². The molecule has 0 radical (unpaired) electrons. The Bertz CT molecular complexity index is 335. The second kappa shape index (κ2) is 5.18. The third kappa shape index (κ3) is 2.63. The van der Waals surface area contributed by atoms with Crippen molar-refractivity contribution in [2.45, 2.75) is 55.8 Å². The monoisotopic (exact) mass is 293 g/mol. The van der Waals surface area contributed by atoms with E-state index in [1.165, 1.54) is 6.42 Å². The van der Waals surface area contributed by atoms with Crippen LogP contribution < -0.4 is 5.32 Å². The fourth-order valence-corrected chi connectivity index (χ4v) is 3.47. The van der Waals surface area contributed by atoms with E-state index in [9.17, 15) is 9.90 Å². The third-order valence-corrected chi connectivity index (χ3v) is 5.57. The molecular weight excluding hydrogens is 273 g/mol. The molecule has 2 aliphatic rings. The molecule has 5 heteroatoms. The first-order valence-electron chi connectivity index (χ1n) is 6.70. The highest BCUT2D eigenvalue weighted by atomic mass is 35.5. The Morgan fingerprint density at radius 2 is 1.94 bits per heavy atom. The summed E-state index contributed by atoms with van der Waals surface area (Å²) in [5.41, 5.74) is -0.664. The minimum atomic E-state index is -0.920. The number of alkyl halides is 2. The highest BCUT2D eigenvalue weighted by molar-refractivity contribution is 6.53. The summed E-state index contributed by atoms with van der Waals surface area (Å²) in [6.07, 6.45) is 5.82. The van der Waals surface area contributed by atoms with Gasteiger partial charge in [0, 0.05) is 18.6 Å². The van der Waals surface area contributed by atoms with E-state index >= 15 is 0 Å². The van der Waals surface area contributed by atoms with Gasteiger partial charge in [0.1, 0.15) is 4.33 Å². The molecule has 2 rings (SSSR count). The zero-order valence-electron chi connectivity index (χ0n) is 10.7. The van der Waals surface area contributed by atoms with Crippen LogP contribution in [0.2, 0.25) is 0 Å². The summed E-state index contributed by atoms with van der Waals surface area (Å²) in [5, 5.41) is 12.5. The molecule has 2 N–H and O–H groups in total. The van der Waals surface area contributed by atoms with Gasteiger partial charge in [-0.1, -0.05) is 19.3 Å². The van der Waals surface area contributed by atoms with Crippen molar-refractivity contribution in [2.24, 2.45) is 11.3 Å². The Hall–Kier alpha value is 0.01000. The van der Waals surface area contributed by atoms with Crippen molar-refractivity contribution >= 4 is 29.1 Å². The lowest BCUT2D eigenvalue weighted by atomic mass is 9.94. The Kier molecular flexibility index (Phi) is 4.15. The minimum absolute atomic E-state index is 0.0616. The lowest BCUT2D eigenvalue weighted by Gasteiger charge is -2.26. The van der Waals surface area contributed by atoms with Crippen molar-refractivity contribution in [3.63, 3.8) is 0 Å². The molecule has 0 spiro atoms. The SMILES string of the molecule is C[C@]1(C(=O)N[C@@H]2CCCCC[C@H]2CO)CC1(Cl)Cl. The van der Waals surface area contributed by atoms with Gasteiger partial charge in [-0.3, -0.25) is 4.79 Å². The second-order valence-corrected chi connectivity index (χ2v) is 7.36. The third-order valence-electron chi connectivity index (χ3n) is 4.47. The van der Waals surface area contributed by atoms with E-state index in [0.717, 1.165) is 25.7 Å². The van der Waals surface area contributed by atoms with Crippen molar-refractivity contribution in [3.8, 4) is 0 Å². The molecule has 3 nitrogen and oxygen atoms in total. The topological polar surface area (TPSA) is 49.3 Å².